The number of carbonyl (C=O) groups excluding carboxylic acids is 2. The molecule has 11 heavy (non-hydrogen) atoms. The number of piperidine rings is 1. The van der Waals surface area contributed by atoms with E-state index in [0.29, 0.717) is 12.8 Å². The SMILES string of the molecule is O=C1CC(C=S)CC(=O)N1S. The molecule has 1 fully saturated rings. The zero-order valence-corrected chi connectivity index (χ0v) is 7.40. The molecule has 0 unspecified atom stereocenters. The van der Waals surface area contributed by atoms with Crippen molar-refractivity contribution in [1.82, 2.24) is 4.31 Å². The van der Waals surface area contributed by atoms with Gasteiger partial charge in [0.05, 0.1) is 0 Å². The number of carbonyl (C=O) groups is 2. The van der Waals surface area contributed by atoms with Gasteiger partial charge in [-0.05, 0) is 5.37 Å². The summed E-state index contributed by atoms with van der Waals surface area (Å²) in [6.07, 6.45) is 0.609. The zero-order valence-electron chi connectivity index (χ0n) is 5.69. The first kappa shape index (κ1) is 8.67. The number of hydrogen-bond donors (Lipinski definition) is 1. The third-order valence-corrected chi connectivity index (χ3v) is 2.37. The standard InChI is InChI=1S/C6H7NO2S2/c8-5-1-4(3-10)2-6(9)7(5)11/h3-4,11H,1-2H2. The van der Waals surface area contributed by atoms with Crippen LogP contribution in [0, 0.1) is 5.92 Å². The average Bonchev–Trinajstić information content (AvgIpc) is 1.99. The molecule has 2 amide bonds. The third-order valence-electron chi connectivity index (χ3n) is 1.54. The Kier molecular flexibility index (Phi) is 2.62. The Balaban J connectivity index is 2.69. The quantitative estimate of drug-likeness (QED) is 0.373. The van der Waals surface area contributed by atoms with E-state index < -0.39 is 0 Å². The minimum absolute atomic E-state index is 0.0756. The molecule has 0 bridgehead atoms. The maximum Gasteiger partial charge on any atom is 0.239 e. The number of hydrogen-bond acceptors (Lipinski definition) is 4. The summed E-state index contributed by atoms with van der Waals surface area (Å²) in [5.74, 6) is -0.611. The predicted octanol–water partition coefficient (Wildman–Crippen LogP) is 0.596. The Morgan fingerprint density at radius 1 is 1.45 bits per heavy atom. The first-order chi connectivity index (χ1) is 5.15. The van der Waals surface area contributed by atoms with Crippen LogP contribution in [0.25, 0.3) is 0 Å². The monoisotopic (exact) mass is 189 g/mol. The number of rotatable bonds is 1. The molecule has 1 rings (SSSR count). The molecule has 0 aromatic rings. The highest BCUT2D eigenvalue weighted by Gasteiger charge is 2.29. The first-order valence-electron chi connectivity index (χ1n) is 3.15. The Morgan fingerprint density at radius 3 is 2.27 bits per heavy atom. The minimum atomic E-state index is -0.268. The van der Waals surface area contributed by atoms with Crippen molar-refractivity contribution in [1.29, 1.82) is 0 Å². The lowest BCUT2D eigenvalue weighted by molar-refractivity contribution is -0.141. The van der Waals surface area contributed by atoms with Crippen molar-refractivity contribution in [2.75, 3.05) is 0 Å². The van der Waals surface area contributed by atoms with Gasteiger partial charge in [-0.3, -0.25) is 9.59 Å². The van der Waals surface area contributed by atoms with Crippen molar-refractivity contribution >= 4 is 42.2 Å². The van der Waals surface area contributed by atoms with E-state index >= 15 is 0 Å². The van der Waals surface area contributed by atoms with Crippen LogP contribution < -0.4 is 0 Å². The highest BCUT2D eigenvalue weighted by molar-refractivity contribution is 7.79. The molecule has 60 valence electrons. The molecule has 0 atom stereocenters. The summed E-state index contributed by atoms with van der Waals surface area (Å²) in [6.45, 7) is 0. The van der Waals surface area contributed by atoms with Crippen LogP contribution in [0.4, 0.5) is 0 Å². The van der Waals surface area contributed by atoms with Crippen LogP contribution in [-0.4, -0.2) is 21.5 Å². The number of thiol groups is 1. The molecule has 1 aliphatic heterocycles. The molecule has 0 saturated carbocycles. The van der Waals surface area contributed by atoms with Gasteiger partial charge in [-0.25, -0.2) is 4.31 Å². The highest BCUT2D eigenvalue weighted by atomic mass is 32.1. The lowest BCUT2D eigenvalue weighted by atomic mass is 9.99. The van der Waals surface area contributed by atoms with Gasteiger partial charge < -0.3 is 0 Å². The smallest absolute Gasteiger partial charge is 0.239 e. The van der Waals surface area contributed by atoms with Crippen LogP contribution >= 0.6 is 25.0 Å². The Bertz CT molecular complexity index is 199. The molecule has 0 aromatic heterocycles. The van der Waals surface area contributed by atoms with Gasteiger partial charge in [-0.1, -0.05) is 25.0 Å². The van der Waals surface area contributed by atoms with E-state index in [-0.39, 0.29) is 17.7 Å². The summed E-state index contributed by atoms with van der Waals surface area (Å²) in [5.41, 5.74) is 0. The summed E-state index contributed by atoms with van der Waals surface area (Å²) in [6, 6.07) is 0. The molecular weight excluding hydrogens is 182 g/mol. The summed E-state index contributed by atoms with van der Waals surface area (Å²) < 4.78 is 0.856. The second kappa shape index (κ2) is 3.32. The molecule has 0 spiro atoms. The van der Waals surface area contributed by atoms with E-state index in [1.54, 1.807) is 0 Å². The van der Waals surface area contributed by atoms with Gasteiger partial charge in [0, 0.05) is 18.8 Å². The van der Waals surface area contributed by atoms with E-state index in [4.69, 9.17) is 0 Å². The van der Waals surface area contributed by atoms with Crippen molar-refractivity contribution in [2.45, 2.75) is 12.8 Å². The average molecular weight is 189 g/mol. The zero-order chi connectivity index (χ0) is 8.43. The fourth-order valence-electron chi connectivity index (χ4n) is 0.929. The van der Waals surface area contributed by atoms with Gasteiger partial charge in [0.1, 0.15) is 0 Å². The Morgan fingerprint density at radius 2 is 1.91 bits per heavy atom. The largest absolute Gasteiger partial charge is 0.273 e. The molecule has 1 aliphatic rings. The van der Waals surface area contributed by atoms with Gasteiger partial charge in [0.25, 0.3) is 0 Å². The summed E-state index contributed by atoms with van der Waals surface area (Å²) in [4.78, 5) is 21.9. The maximum atomic E-state index is 10.9. The lowest BCUT2D eigenvalue weighted by Crippen LogP contribution is -2.37. The van der Waals surface area contributed by atoms with E-state index in [0.717, 1.165) is 4.31 Å². The highest BCUT2D eigenvalue weighted by Crippen LogP contribution is 2.18. The normalized spacial score (nSPS) is 20.6. The Hall–Kier alpha value is -0.420. The minimum Gasteiger partial charge on any atom is -0.273 e. The number of imide groups is 1. The lowest BCUT2D eigenvalue weighted by Gasteiger charge is -2.22. The second-order valence-corrected chi connectivity index (χ2v) is 3.08. The van der Waals surface area contributed by atoms with E-state index in [1.807, 2.05) is 0 Å². The van der Waals surface area contributed by atoms with Gasteiger partial charge in [0.2, 0.25) is 11.8 Å². The predicted molar refractivity (Wildman–Crippen MR) is 47.2 cm³/mol. The molecule has 5 heteroatoms. The molecule has 0 aromatic carbocycles. The fourth-order valence-corrected chi connectivity index (χ4v) is 1.28. The van der Waals surface area contributed by atoms with Crippen molar-refractivity contribution in [3.8, 4) is 0 Å². The van der Waals surface area contributed by atoms with E-state index in [2.05, 4.69) is 25.0 Å². The Labute approximate surface area is 75.3 Å². The van der Waals surface area contributed by atoms with Gasteiger partial charge >= 0.3 is 0 Å². The molecule has 1 heterocycles. The molecule has 3 nitrogen and oxygen atoms in total. The summed E-state index contributed by atoms with van der Waals surface area (Å²) >= 11 is 8.36. The van der Waals surface area contributed by atoms with Crippen LogP contribution in [0.1, 0.15) is 12.8 Å². The van der Waals surface area contributed by atoms with Crippen molar-refractivity contribution < 1.29 is 9.59 Å². The van der Waals surface area contributed by atoms with Gasteiger partial charge in [-0.15, -0.1) is 0 Å². The molecule has 0 N–H and O–H groups in total. The second-order valence-electron chi connectivity index (χ2n) is 2.40. The van der Waals surface area contributed by atoms with Gasteiger partial charge in [0.15, 0.2) is 0 Å². The topological polar surface area (TPSA) is 37.4 Å². The van der Waals surface area contributed by atoms with Crippen LogP contribution in [0.5, 0.6) is 0 Å². The molecule has 0 radical (unpaired) electrons. The van der Waals surface area contributed by atoms with Crippen LogP contribution in [0.15, 0.2) is 0 Å². The van der Waals surface area contributed by atoms with Crippen LogP contribution in [-0.2, 0) is 9.59 Å². The van der Waals surface area contributed by atoms with E-state index in [1.165, 1.54) is 5.37 Å². The van der Waals surface area contributed by atoms with Crippen molar-refractivity contribution in [3.63, 3.8) is 0 Å². The molecule has 1 saturated heterocycles. The van der Waals surface area contributed by atoms with E-state index in [9.17, 15) is 9.59 Å². The molecular formula is C6H7NO2S2. The fraction of sp³-hybridized carbons (Fsp3) is 0.500. The molecule has 0 aliphatic carbocycles. The first-order valence-corrected chi connectivity index (χ1v) is 4.02. The third kappa shape index (κ3) is 1.78. The van der Waals surface area contributed by atoms with Crippen LogP contribution in [0.3, 0.4) is 0 Å². The van der Waals surface area contributed by atoms with Crippen molar-refractivity contribution in [3.05, 3.63) is 0 Å². The summed E-state index contributed by atoms with van der Waals surface area (Å²) in [7, 11) is 0. The summed E-state index contributed by atoms with van der Waals surface area (Å²) in [5, 5.41) is 1.47. The van der Waals surface area contributed by atoms with Crippen LogP contribution in [0.2, 0.25) is 0 Å². The number of nitrogens with zero attached hydrogens (tertiary/aromatic N) is 1. The van der Waals surface area contributed by atoms with Gasteiger partial charge in [-0.2, -0.15) is 0 Å². The number of thiocarbonyl (C=S) groups is 1. The maximum absolute atomic E-state index is 10.9. The van der Waals surface area contributed by atoms with Crippen molar-refractivity contribution in [2.24, 2.45) is 5.92 Å². The number of amides is 2.